The van der Waals surface area contributed by atoms with Crippen LogP contribution in [0.1, 0.15) is 24.8 Å². The number of aldehydes is 1. The van der Waals surface area contributed by atoms with Gasteiger partial charge in [0.2, 0.25) is 0 Å². The van der Waals surface area contributed by atoms with Crippen LogP contribution in [0.4, 0.5) is 0 Å². The van der Waals surface area contributed by atoms with Crippen LogP contribution in [0, 0.1) is 0 Å². The molecular weight excluding hydrogens is 258 g/mol. The van der Waals surface area contributed by atoms with Gasteiger partial charge in [-0.25, -0.2) is 0 Å². The maximum atomic E-state index is 11.1. The van der Waals surface area contributed by atoms with Crippen LogP contribution in [0.2, 0.25) is 0 Å². The minimum atomic E-state index is -0.0489. The van der Waals surface area contributed by atoms with Crippen LogP contribution in [0.5, 0.6) is 0 Å². The molecule has 0 aliphatic rings. The van der Waals surface area contributed by atoms with Crippen LogP contribution in [0.3, 0.4) is 0 Å². The summed E-state index contributed by atoms with van der Waals surface area (Å²) in [5.74, 6) is -0.0489. The molecule has 0 radical (unpaired) electrons. The molecule has 0 bridgehead atoms. The Bertz CT molecular complexity index is 779. The van der Waals surface area contributed by atoms with Crippen LogP contribution in [0.25, 0.3) is 22.0 Å². The lowest BCUT2D eigenvalue weighted by Crippen LogP contribution is -1.99. The quantitative estimate of drug-likeness (QED) is 0.652. The molecule has 0 saturated heterocycles. The predicted molar refractivity (Wildman–Crippen MR) is 86.3 cm³/mol. The topological polar surface area (TPSA) is 30.0 Å². The minimum Gasteiger partial charge on any atom is -0.303 e. The Morgan fingerprint density at radius 2 is 1.86 bits per heavy atom. The van der Waals surface area contributed by atoms with Gasteiger partial charge in [-0.05, 0) is 41.0 Å². The van der Waals surface area contributed by atoms with Crippen LogP contribution < -0.4 is 0 Å². The number of fused-ring (bicyclic) bond motifs is 1. The fourth-order valence-electron chi connectivity index (χ4n) is 2.59. The number of carbonyl (C=O) groups excluding carboxylic acids is 1. The van der Waals surface area contributed by atoms with E-state index in [-0.39, 0.29) is 5.92 Å². The number of nitrogens with zero attached hydrogens (tertiary/aromatic N) is 1. The van der Waals surface area contributed by atoms with Crippen molar-refractivity contribution in [3.05, 3.63) is 66.4 Å². The average molecular weight is 275 g/mol. The maximum Gasteiger partial charge on any atom is 0.127 e. The Morgan fingerprint density at radius 1 is 1.05 bits per heavy atom. The van der Waals surface area contributed by atoms with Crippen molar-refractivity contribution in [2.45, 2.75) is 19.3 Å². The number of carbonyl (C=O) groups is 1. The van der Waals surface area contributed by atoms with Gasteiger partial charge < -0.3 is 4.79 Å². The van der Waals surface area contributed by atoms with Gasteiger partial charge in [-0.15, -0.1) is 0 Å². The summed E-state index contributed by atoms with van der Waals surface area (Å²) in [6.45, 7) is 2.02. The summed E-state index contributed by atoms with van der Waals surface area (Å²) in [7, 11) is 0. The van der Waals surface area contributed by atoms with E-state index in [2.05, 4.69) is 35.3 Å². The molecule has 0 spiro atoms. The first kappa shape index (κ1) is 13.5. The first-order valence-electron chi connectivity index (χ1n) is 7.22. The summed E-state index contributed by atoms with van der Waals surface area (Å²) in [6, 6.07) is 18.5. The fourth-order valence-corrected chi connectivity index (χ4v) is 2.59. The Balaban J connectivity index is 2.05. The highest BCUT2D eigenvalue weighted by Gasteiger charge is 2.09. The lowest BCUT2D eigenvalue weighted by molar-refractivity contribution is -0.109. The van der Waals surface area contributed by atoms with Gasteiger partial charge in [-0.1, -0.05) is 43.3 Å². The largest absolute Gasteiger partial charge is 0.303 e. The second-order valence-electron chi connectivity index (χ2n) is 5.19. The van der Waals surface area contributed by atoms with E-state index in [4.69, 9.17) is 0 Å². The van der Waals surface area contributed by atoms with Gasteiger partial charge in [0.15, 0.2) is 0 Å². The highest BCUT2D eigenvalue weighted by molar-refractivity contribution is 5.86. The van der Waals surface area contributed by atoms with E-state index < -0.39 is 0 Å². The molecule has 0 saturated carbocycles. The highest BCUT2D eigenvalue weighted by atomic mass is 16.1. The van der Waals surface area contributed by atoms with Crippen LogP contribution in [0.15, 0.2) is 60.8 Å². The van der Waals surface area contributed by atoms with Gasteiger partial charge in [0.05, 0.1) is 5.69 Å². The zero-order chi connectivity index (χ0) is 14.7. The molecule has 0 N–H and O–H groups in total. The molecule has 2 nitrogen and oxygen atoms in total. The van der Waals surface area contributed by atoms with E-state index in [9.17, 15) is 4.79 Å². The first-order chi connectivity index (χ1) is 10.3. The second-order valence-corrected chi connectivity index (χ2v) is 5.19. The number of rotatable bonds is 4. The molecular formula is C19H17NO. The van der Waals surface area contributed by atoms with Crippen molar-refractivity contribution >= 4 is 17.1 Å². The maximum absolute atomic E-state index is 11.1. The predicted octanol–water partition coefficient (Wildman–Crippen LogP) is 4.59. The van der Waals surface area contributed by atoms with E-state index in [1.54, 1.807) is 6.20 Å². The molecule has 104 valence electrons. The number of benzene rings is 2. The van der Waals surface area contributed by atoms with Crippen molar-refractivity contribution in [1.82, 2.24) is 4.98 Å². The van der Waals surface area contributed by atoms with Crippen molar-refractivity contribution in [3.63, 3.8) is 0 Å². The van der Waals surface area contributed by atoms with Gasteiger partial charge in [-0.2, -0.15) is 0 Å². The number of pyridine rings is 1. The smallest absolute Gasteiger partial charge is 0.127 e. The lowest BCUT2D eigenvalue weighted by atomic mass is 9.96. The average Bonchev–Trinajstić information content (AvgIpc) is 2.56. The monoisotopic (exact) mass is 275 g/mol. The van der Waals surface area contributed by atoms with Crippen LogP contribution >= 0.6 is 0 Å². The Kier molecular flexibility index (Phi) is 3.78. The fraction of sp³-hybridized carbons (Fsp3) is 0.158. The molecule has 0 amide bonds. The van der Waals surface area contributed by atoms with Crippen LogP contribution in [-0.4, -0.2) is 11.3 Å². The van der Waals surface area contributed by atoms with E-state index in [1.807, 2.05) is 31.2 Å². The molecule has 1 aromatic heterocycles. The third kappa shape index (κ3) is 2.70. The number of hydrogen-bond donors (Lipinski definition) is 0. The molecule has 3 rings (SSSR count). The van der Waals surface area contributed by atoms with Gasteiger partial charge >= 0.3 is 0 Å². The number of hydrogen-bond acceptors (Lipinski definition) is 2. The molecule has 0 aliphatic carbocycles. The third-order valence-corrected chi connectivity index (χ3v) is 3.86. The van der Waals surface area contributed by atoms with Gasteiger partial charge in [0.25, 0.3) is 0 Å². The van der Waals surface area contributed by atoms with Gasteiger partial charge in [-0.3, -0.25) is 4.98 Å². The van der Waals surface area contributed by atoms with E-state index in [0.29, 0.717) is 0 Å². The second kappa shape index (κ2) is 5.88. The molecule has 1 unspecified atom stereocenters. The summed E-state index contributed by atoms with van der Waals surface area (Å²) in [5.41, 5.74) is 3.03. The van der Waals surface area contributed by atoms with Gasteiger partial charge in [0.1, 0.15) is 6.29 Å². The summed E-state index contributed by atoms with van der Waals surface area (Å²) >= 11 is 0. The summed E-state index contributed by atoms with van der Waals surface area (Å²) in [5, 5.41) is 2.42. The molecule has 2 heteroatoms. The SMILES string of the molecule is CCC(C=O)c1ccnc(-c2ccc3ccccc3c2)c1. The van der Waals surface area contributed by atoms with Crippen molar-refractivity contribution in [1.29, 1.82) is 0 Å². The van der Waals surface area contributed by atoms with E-state index >= 15 is 0 Å². The Labute approximate surface area is 124 Å². The van der Waals surface area contributed by atoms with E-state index in [1.165, 1.54) is 10.8 Å². The molecule has 3 aromatic rings. The first-order valence-corrected chi connectivity index (χ1v) is 7.22. The lowest BCUT2D eigenvalue weighted by Gasteiger charge is -2.10. The van der Waals surface area contributed by atoms with Crippen molar-refractivity contribution < 1.29 is 4.79 Å². The van der Waals surface area contributed by atoms with Crippen molar-refractivity contribution in [2.24, 2.45) is 0 Å². The summed E-state index contributed by atoms with van der Waals surface area (Å²) in [4.78, 5) is 15.6. The third-order valence-electron chi connectivity index (χ3n) is 3.86. The zero-order valence-corrected chi connectivity index (χ0v) is 12.0. The molecule has 2 aromatic carbocycles. The highest BCUT2D eigenvalue weighted by Crippen LogP contribution is 2.26. The minimum absolute atomic E-state index is 0.0489. The zero-order valence-electron chi connectivity index (χ0n) is 12.0. The standard InChI is InChI=1S/C19H17NO/c1-2-14(13-21)17-9-10-20-19(12-17)18-8-7-15-5-3-4-6-16(15)11-18/h3-14H,2H2,1H3. The Morgan fingerprint density at radius 3 is 2.62 bits per heavy atom. The van der Waals surface area contributed by atoms with Crippen LogP contribution in [-0.2, 0) is 4.79 Å². The molecule has 21 heavy (non-hydrogen) atoms. The molecule has 1 heterocycles. The van der Waals surface area contributed by atoms with Crippen molar-refractivity contribution in [3.8, 4) is 11.3 Å². The summed E-state index contributed by atoms with van der Waals surface area (Å²) < 4.78 is 0. The molecule has 0 fully saturated rings. The van der Waals surface area contributed by atoms with Crippen molar-refractivity contribution in [2.75, 3.05) is 0 Å². The molecule has 0 aliphatic heterocycles. The molecule has 1 atom stereocenters. The normalized spacial score (nSPS) is 12.2. The van der Waals surface area contributed by atoms with Gasteiger partial charge in [0, 0.05) is 17.7 Å². The summed E-state index contributed by atoms with van der Waals surface area (Å²) in [6.07, 6.45) is 3.61. The van der Waals surface area contributed by atoms with E-state index in [0.717, 1.165) is 29.5 Å². The Hall–Kier alpha value is -2.48. The number of aromatic nitrogens is 1.